The minimum Gasteiger partial charge on any atom is -0.332 e. The molecule has 2 aromatic rings. The highest BCUT2D eigenvalue weighted by atomic mass is 32.1. The molecule has 0 radical (unpaired) electrons. The van der Waals surface area contributed by atoms with Crippen molar-refractivity contribution in [3.05, 3.63) is 46.9 Å². The van der Waals surface area contributed by atoms with Crippen LogP contribution in [-0.2, 0) is 4.79 Å². The first-order valence-corrected chi connectivity index (χ1v) is 8.20. The normalized spacial score (nSPS) is 23.9. The van der Waals surface area contributed by atoms with Crippen LogP contribution in [0.15, 0.2) is 42.0 Å². The SMILES string of the molecule is O=C(c1cccs1)N1CC[C@@H]2[C@@H]1CC(=O)N2c1cccnc1. The van der Waals surface area contributed by atoms with Gasteiger partial charge in [0.1, 0.15) is 0 Å². The largest absolute Gasteiger partial charge is 0.332 e. The second-order valence-electron chi connectivity index (χ2n) is 5.58. The van der Waals surface area contributed by atoms with Crippen LogP contribution in [0.1, 0.15) is 22.5 Å². The van der Waals surface area contributed by atoms with Crippen molar-refractivity contribution in [3.63, 3.8) is 0 Å². The van der Waals surface area contributed by atoms with Crippen LogP contribution in [0.4, 0.5) is 5.69 Å². The van der Waals surface area contributed by atoms with Crippen LogP contribution in [0.2, 0.25) is 0 Å². The molecule has 22 heavy (non-hydrogen) atoms. The third-order valence-electron chi connectivity index (χ3n) is 4.41. The molecule has 2 aromatic heterocycles. The lowest BCUT2D eigenvalue weighted by molar-refractivity contribution is -0.117. The van der Waals surface area contributed by atoms with Crippen molar-refractivity contribution in [2.45, 2.75) is 24.9 Å². The molecule has 4 rings (SSSR count). The van der Waals surface area contributed by atoms with Gasteiger partial charge in [-0.25, -0.2) is 0 Å². The zero-order valence-electron chi connectivity index (χ0n) is 11.9. The molecular formula is C16H15N3O2S. The Morgan fingerprint density at radius 3 is 2.91 bits per heavy atom. The number of likely N-dealkylation sites (tertiary alicyclic amines) is 1. The fourth-order valence-corrected chi connectivity index (χ4v) is 4.15. The Kier molecular flexibility index (Phi) is 3.18. The Balaban J connectivity index is 1.61. The van der Waals surface area contributed by atoms with Gasteiger partial charge in [-0.1, -0.05) is 6.07 Å². The van der Waals surface area contributed by atoms with Crippen LogP contribution >= 0.6 is 11.3 Å². The van der Waals surface area contributed by atoms with Crippen LogP contribution in [0.3, 0.4) is 0 Å². The molecule has 112 valence electrons. The summed E-state index contributed by atoms with van der Waals surface area (Å²) in [5, 5.41) is 1.91. The predicted molar refractivity (Wildman–Crippen MR) is 83.9 cm³/mol. The molecule has 0 spiro atoms. The van der Waals surface area contributed by atoms with Gasteiger partial charge in [0.05, 0.1) is 28.8 Å². The van der Waals surface area contributed by atoms with Crippen LogP contribution in [-0.4, -0.2) is 40.3 Å². The molecule has 0 aliphatic carbocycles. The molecule has 2 fully saturated rings. The first-order valence-electron chi connectivity index (χ1n) is 7.32. The minimum atomic E-state index is -0.0256. The molecule has 0 N–H and O–H groups in total. The fraction of sp³-hybridized carbons (Fsp3) is 0.312. The van der Waals surface area contributed by atoms with Gasteiger partial charge in [0.15, 0.2) is 0 Å². The number of nitrogens with zero attached hydrogens (tertiary/aromatic N) is 3. The smallest absolute Gasteiger partial charge is 0.264 e. The second-order valence-corrected chi connectivity index (χ2v) is 6.53. The molecule has 0 unspecified atom stereocenters. The quantitative estimate of drug-likeness (QED) is 0.854. The summed E-state index contributed by atoms with van der Waals surface area (Å²) >= 11 is 1.45. The van der Waals surface area contributed by atoms with E-state index in [1.807, 2.05) is 39.4 Å². The lowest BCUT2D eigenvalue weighted by Crippen LogP contribution is -2.39. The highest BCUT2D eigenvalue weighted by Crippen LogP contribution is 2.36. The van der Waals surface area contributed by atoms with Crippen molar-refractivity contribution in [1.82, 2.24) is 9.88 Å². The van der Waals surface area contributed by atoms with Gasteiger partial charge in [0.25, 0.3) is 5.91 Å². The van der Waals surface area contributed by atoms with Crippen molar-refractivity contribution >= 4 is 28.8 Å². The van der Waals surface area contributed by atoms with Crippen molar-refractivity contribution in [1.29, 1.82) is 0 Å². The number of carbonyl (C=O) groups is 2. The number of amides is 2. The molecule has 0 aromatic carbocycles. The number of hydrogen-bond acceptors (Lipinski definition) is 4. The molecule has 0 bridgehead atoms. The van der Waals surface area contributed by atoms with E-state index in [4.69, 9.17) is 0 Å². The fourth-order valence-electron chi connectivity index (χ4n) is 3.47. The summed E-state index contributed by atoms with van der Waals surface area (Å²) < 4.78 is 0. The van der Waals surface area contributed by atoms with Crippen molar-refractivity contribution in [2.24, 2.45) is 0 Å². The summed E-state index contributed by atoms with van der Waals surface area (Å²) in [6.45, 7) is 0.704. The zero-order chi connectivity index (χ0) is 15.1. The van der Waals surface area contributed by atoms with E-state index in [9.17, 15) is 9.59 Å². The highest BCUT2D eigenvalue weighted by Gasteiger charge is 2.49. The summed E-state index contributed by atoms with van der Waals surface area (Å²) in [4.78, 5) is 33.5. The Morgan fingerprint density at radius 2 is 2.18 bits per heavy atom. The summed E-state index contributed by atoms with van der Waals surface area (Å²) in [5.74, 6) is 0.120. The maximum atomic E-state index is 12.6. The van der Waals surface area contributed by atoms with Gasteiger partial charge in [-0.05, 0) is 30.0 Å². The van der Waals surface area contributed by atoms with Gasteiger partial charge in [-0.15, -0.1) is 11.3 Å². The number of rotatable bonds is 2. The van der Waals surface area contributed by atoms with Gasteiger partial charge in [-0.3, -0.25) is 14.6 Å². The van der Waals surface area contributed by atoms with Crippen LogP contribution < -0.4 is 4.90 Å². The molecule has 0 saturated carbocycles. The second kappa shape index (κ2) is 5.21. The minimum absolute atomic E-state index is 0.0256. The predicted octanol–water partition coefficient (Wildman–Crippen LogP) is 2.16. The van der Waals surface area contributed by atoms with E-state index in [0.29, 0.717) is 13.0 Å². The van der Waals surface area contributed by atoms with Crippen LogP contribution in [0, 0.1) is 0 Å². The van der Waals surface area contributed by atoms with Gasteiger partial charge in [0, 0.05) is 19.2 Å². The van der Waals surface area contributed by atoms with Gasteiger partial charge >= 0.3 is 0 Å². The van der Waals surface area contributed by atoms with E-state index < -0.39 is 0 Å². The van der Waals surface area contributed by atoms with Crippen LogP contribution in [0.25, 0.3) is 0 Å². The molecule has 2 atom stereocenters. The lowest BCUT2D eigenvalue weighted by atomic mass is 10.1. The Morgan fingerprint density at radius 1 is 1.27 bits per heavy atom. The number of carbonyl (C=O) groups excluding carboxylic acids is 2. The first-order chi connectivity index (χ1) is 10.8. The summed E-state index contributed by atoms with van der Waals surface area (Å²) in [6, 6.07) is 7.50. The van der Waals surface area contributed by atoms with E-state index in [1.54, 1.807) is 12.4 Å². The van der Waals surface area contributed by atoms with E-state index >= 15 is 0 Å². The Bertz CT molecular complexity index is 701. The van der Waals surface area contributed by atoms with E-state index in [0.717, 1.165) is 17.0 Å². The standard InChI is InChI=1S/C16H15N3O2S/c20-15-9-13-12(19(15)11-3-1-6-17-10-11)5-7-18(13)16(21)14-4-2-8-22-14/h1-4,6,8,10,12-13H,5,7,9H2/t12-,13+/m1/s1. The van der Waals surface area contributed by atoms with Gasteiger partial charge in [-0.2, -0.15) is 0 Å². The van der Waals surface area contributed by atoms with E-state index in [1.165, 1.54) is 11.3 Å². The molecule has 4 heterocycles. The van der Waals surface area contributed by atoms with Gasteiger partial charge in [0.2, 0.25) is 5.91 Å². The number of anilines is 1. The molecule has 2 aliphatic rings. The Labute approximate surface area is 132 Å². The molecule has 6 heteroatoms. The van der Waals surface area contributed by atoms with Crippen LogP contribution in [0.5, 0.6) is 0 Å². The highest BCUT2D eigenvalue weighted by molar-refractivity contribution is 7.12. The lowest BCUT2D eigenvalue weighted by Gasteiger charge is -2.25. The molecular weight excluding hydrogens is 298 g/mol. The van der Waals surface area contributed by atoms with Gasteiger partial charge < -0.3 is 9.80 Å². The number of pyridine rings is 1. The molecule has 2 aliphatic heterocycles. The summed E-state index contributed by atoms with van der Waals surface area (Å²) in [7, 11) is 0. The average molecular weight is 313 g/mol. The number of thiophene rings is 1. The molecule has 5 nitrogen and oxygen atoms in total. The first kappa shape index (κ1) is 13.5. The third-order valence-corrected chi connectivity index (χ3v) is 5.27. The third kappa shape index (κ3) is 2.02. The van der Waals surface area contributed by atoms with Crippen molar-refractivity contribution < 1.29 is 9.59 Å². The maximum absolute atomic E-state index is 12.6. The average Bonchev–Trinajstić information content (AvgIpc) is 3.23. The molecule has 2 amide bonds. The number of aromatic nitrogens is 1. The molecule has 2 saturated heterocycles. The Hall–Kier alpha value is -2.21. The zero-order valence-corrected chi connectivity index (χ0v) is 12.7. The summed E-state index contributed by atoms with van der Waals surface area (Å²) in [6.07, 6.45) is 4.63. The maximum Gasteiger partial charge on any atom is 0.264 e. The summed E-state index contributed by atoms with van der Waals surface area (Å²) in [5.41, 5.74) is 0.824. The number of fused-ring (bicyclic) bond motifs is 1. The monoisotopic (exact) mass is 313 g/mol. The topological polar surface area (TPSA) is 53.5 Å². The van der Waals surface area contributed by atoms with E-state index in [2.05, 4.69) is 4.98 Å². The van der Waals surface area contributed by atoms with Crippen molar-refractivity contribution in [2.75, 3.05) is 11.4 Å². The van der Waals surface area contributed by atoms with E-state index in [-0.39, 0.29) is 23.9 Å². The van der Waals surface area contributed by atoms with Crippen molar-refractivity contribution in [3.8, 4) is 0 Å². The number of hydrogen-bond donors (Lipinski definition) is 0.